The molecule has 3 rings (SSSR count). The second kappa shape index (κ2) is 5.00. The van der Waals surface area contributed by atoms with Crippen molar-refractivity contribution < 1.29 is 9.47 Å². The molecule has 21 heavy (non-hydrogen) atoms. The summed E-state index contributed by atoms with van der Waals surface area (Å²) in [7, 11) is 0. The highest BCUT2D eigenvalue weighted by atomic mass is 32.1. The van der Waals surface area contributed by atoms with Crippen LogP contribution in [0.5, 0.6) is 17.4 Å². The van der Waals surface area contributed by atoms with Crippen LogP contribution in [0.2, 0.25) is 0 Å². The molecule has 1 aliphatic rings. The molecule has 0 fully saturated rings. The lowest BCUT2D eigenvalue weighted by atomic mass is 10.0. The van der Waals surface area contributed by atoms with Crippen LogP contribution in [0, 0.1) is 0 Å². The largest absolute Gasteiger partial charge is 0.483 e. The van der Waals surface area contributed by atoms with Crippen LogP contribution in [0.4, 0.5) is 0 Å². The number of aromatic nitrogens is 1. The Morgan fingerprint density at radius 3 is 2.95 bits per heavy atom. The number of hydrogen-bond acceptors (Lipinski definition) is 4. The predicted molar refractivity (Wildman–Crippen MR) is 85.1 cm³/mol. The van der Waals surface area contributed by atoms with Crippen LogP contribution in [0.15, 0.2) is 36.5 Å². The Kier molecular flexibility index (Phi) is 3.29. The van der Waals surface area contributed by atoms with E-state index in [0.29, 0.717) is 16.6 Å². The number of nitrogens with zero attached hydrogens (tertiary/aromatic N) is 1. The molecule has 2 heterocycles. The number of nitrogens with two attached hydrogens (primary N) is 1. The fourth-order valence-corrected chi connectivity index (χ4v) is 2.53. The topological polar surface area (TPSA) is 57.4 Å². The highest BCUT2D eigenvalue weighted by Crippen LogP contribution is 2.43. The fraction of sp³-hybridized carbons (Fsp3) is 0.250. The number of ether oxygens (including phenoxy) is 2. The van der Waals surface area contributed by atoms with Gasteiger partial charge in [-0.2, -0.15) is 0 Å². The molecule has 2 aromatic rings. The molecule has 108 valence electrons. The summed E-state index contributed by atoms with van der Waals surface area (Å²) < 4.78 is 11.8. The zero-order chi connectivity index (χ0) is 15.0. The van der Waals surface area contributed by atoms with Crippen molar-refractivity contribution in [3.05, 3.63) is 47.7 Å². The molecule has 4 nitrogen and oxygen atoms in total. The molecule has 0 atom stereocenters. The maximum Gasteiger partial charge on any atom is 0.220 e. The minimum atomic E-state index is -0.212. The number of hydrogen-bond donors (Lipinski definition) is 1. The molecule has 0 aliphatic carbocycles. The van der Waals surface area contributed by atoms with E-state index in [1.807, 2.05) is 12.1 Å². The van der Waals surface area contributed by atoms with Crippen LogP contribution >= 0.6 is 12.2 Å². The Labute approximate surface area is 128 Å². The summed E-state index contributed by atoms with van der Waals surface area (Å²) in [5, 5.41) is 0. The number of rotatable bonds is 3. The van der Waals surface area contributed by atoms with E-state index in [4.69, 9.17) is 27.4 Å². The van der Waals surface area contributed by atoms with Crippen LogP contribution in [0.1, 0.15) is 25.0 Å². The molecule has 2 N–H and O–H groups in total. The van der Waals surface area contributed by atoms with Gasteiger partial charge in [-0.1, -0.05) is 24.4 Å². The van der Waals surface area contributed by atoms with Crippen molar-refractivity contribution in [1.82, 2.24) is 4.98 Å². The molecule has 1 aliphatic heterocycles. The highest BCUT2D eigenvalue weighted by molar-refractivity contribution is 7.80. The number of thiocarbonyl (C=S) groups is 1. The van der Waals surface area contributed by atoms with E-state index in [2.05, 4.69) is 24.9 Å². The van der Waals surface area contributed by atoms with Crippen LogP contribution in [-0.4, -0.2) is 15.6 Å². The normalized spacial score (nSPS) is 15.1. The molecule has 5 heteroatoms. The highest BCUT2D eigenvalue weighted by Gasteiger charge is 2.32. The second-order valence-corrected chi connectivity index (χ2v) is 6.07. The van der Waals surface area contributed by atoms with Gasteiger partial charge in [0.05, 0.1) is 0 Å². The van der Waals surface area contributed by atoms with Gasteiger partial charge in [-0.25, -0.2) is 4.98 Å². The Bertz CT molecular complexity index is 713. The van der Waals surface area contributed by atoms with E-state index < -0.39 is 0 Å². The monoisotopic (exact) mass is 300 g/mol. The minimum Gasteiger partial charge on any atom is -0.483 e. The lowest BCUT2D eigenvalue weighted by Gasteiger charge is -2.18. The van der Waals surface area contributed by atoms with Gasteiger partial charge in [-0.3, -0.25) is 0 Å². The quantitative estimate of drug-likeness (QED) is 0.882. The van der Waals surface area contributed by atoms with Gasteiger partial charge < -0.3 is 15.2 Å². The molecular formula is C16H16N2O2S. The van der Waals surface area contributed by atoms with Crippen LogP contribution in [0.25, 0.3) is 0 Å². The number of pyridine rings is 1. The summed E-state index contributed by atoms with van der Waals surface area (Å²) in [6.07, 6.45) is 2.48. The van der Waals surface area contributed by atoms with Crippen molar-refractivity contribution in [1.29, 1.82) is 0 Å². The van der Waals surface area contributed by atoms with Crippen molar-refractivity contribution in [2.45, 2.75) is 25.9 Å². The van der Waals surface area contributed by atoms with E-state index in [0.717, 1.165) is 23.3 Å². The van der Waals surface area contributed by atoms with Gasteiger partial charge in [0, 0.05) is 29.8 Å². The Morgan fingerprint density at radius 2 is 2.19 bits per heavy atom. The molecule has 0 saturated carbocycles. The van der Waals surface area contributed by atoms with Crippen LogP contribution < -0.4 is 15.2 Å². The number of para-hydroxylation sites is 1. The van der Waals surface area contributed by atoms with E-state index in [1.54, 1.807) is 18.3 Å². The number of fused-ring (bicyclic) bond motifs is 1. The molecule has 1 aromatic carbocycles. The van der Waals surface area contributed by atoms with Gasteiger partial charge >= 0.3 is 0 Å². The third-order valence-corrected chi connectivity index (χ3v) is 3.52. The zero-order valence-electron chi connectivity index (χ0n) is 11.9. The maximum atomic E-state index is 5.97. The smallest absolute Gasteiger partial charge is 0.220 e. The molecule has 0 radical (unpaired) electrons. The zero-order valence-corrected chi connectivity index (χ0v) is 12.7. The fourth-order valence-electron chi connectivity index (χ4n) is 2.40. The van der Waals surface area contributed by atoms with Gasteiger partial charge in [-0.05, 0) is 26.0 Å². The van der Waals surface area contributed by atoms with Gasteiger partial charge in [0.2, 0.25) is 5.88 Å². The van der Waals surface area contributed by atoms with Crippen molar-refractivity contribution >= 4 is 17.2 Å². The van der Waals surface area contributed by atoms with E-state index in [9.17, 15) is 0 Å². The van der Waals surface area contributed by atoms with Crippen LogP contribution in [-0.2, 0) is 6.42 Å². The molecule has 0 amide bonds. The molecule has 0 unspecified atom stereocenters. The summed E-state index contributed by atoms with van der Waals surface area (Å²) in [4.78, 5) is 4.50. The molecular weight excluding hydrogens is 284 g/mol. The first kappa shape index (κ1) is 13.8. The van der Waals surface area contributed by atoms with Crippen molar-refractivity contribution in [3.63, 3.8) is 0 Å². The van der Waals surface area contributed by atoms with Gasteiger partial charge in [0.25, 0.3) is 0 Å². The van der Waals surface area contributed by atoms with Crippen molar-refractivity contribution in [3.8, 4) is 17.4 Å². The van der Waals surface area contributed by atoms with Crippen molar-refractivity contribution in [2.24, 2.45) is 5.73 Å². The van der Waals surface area contributed by atoms with Crippen molar-refractivity contribution in [2.75, 3.05) is 0 Å². The van der Waals surface area contributed by atoms with E-state index >= 15 is 0 Å². The molecule has 0 bridgehead atoms. The maximum absolute atomic E-state index is 5.97. The van der Waals surface area contributed by atoms with Gasteiger partial charge in [0.15, 0.2) is 11.5 Å². The standard InChI is InChI=1S/C16H16N2O2S/c1-16(2)9-11-4-3-5-12(14(11)20-16)19-13-8-10(15(17)21)6-7-18-13/h3-8H,9H2,1-2H3,(H2,17,21). The van der Waals surface area contributed by atoms with Gasteiger partial charge in [-0.15, -0.1) is 0 Å². The lowest BCUT2D eigenvalue weighted by molar-refractivity contribution is 0.135. The summed E-state index contributed by atoms with van der Waals surface area (Å²) in [5.74, 6) is 1.89. The summed E-state index contributed by atoms with van der Waals surface area (Å²) >= 11 is 4.97. The SMILES string of the molecule is CC1(C)Cc2cccc(Oc3cc(C(N)=S)ccn3)c2O1. The first-order valence-corrected chi connectivity index (χ1v) is 7.10. The van der Waals surface area contributed by atoms with Crippen LogP contribution in [0.3, 0.4) is 0 Å². The predicted octanol–water partition coefficient (Wildman–Crippen LogP) is 3.22. The third kappa shape index (κ3) is 2.83. The van der Waals surface area contributed by atoms with E-state index in [-0.39, 0.29) is 5.60 Å². The molecule has 1 aromatic heterocycles. The summed E-state index contributed by atoms with van der Waals surface area (Å²) in [5.41, 5.74) is 7.28. The summed E-state index contributed by atoms with van der Waals surface area (Å²) in [6, 6.07) is 9.35. The van der Waals surface area contributed by atoms with Gasteiger partial charge in [0.1, 0.15) is 10.6 Å². The lowest BCUT2D eigenvalue weighted by Crippen LogP contribution is -2.24. The third-order valence-electron chi connectivity index (χ3n) is 3.29. The average molecular weight is 300 g/mol. The average Bonchev–Trinajstić information content (AvgIpc) is 2.74. The second-order valence-electron chi connectivity index (χ2n) is 5.63. The first-order chi connectivity index (χ1) is 9.94. The van der Waals surface area contributed by atoms with E-state index in [1.165, 1.54) is 0 Å². The number of benzene rings is 1. The molecule has 0 spiro atoms. The minimum absolute atomic E-state index is 0.212. The summed E-state index contributed by atoms with van der Waals surface area (Å²) in [6.45, 7) is 4.12. The molecule has 0 saturated heterocycles. The Hall–Kier alpha value is -2.14. The Morgan fingerprint density at radius 1 is 1.38 bits per heavy atom. The Balaban J connectivity index is 1.92. The first-order valence-electron chi connectivity index (χ1n) is 6.69.